The van der Waals surface area contributed by atoms with Gasteiger partial charge in [0.25, 0.3) is 0 Å². The van der Waals surface area contributed by atoms with E-state index < -0.39 is 0 Å². The molecule has 2 atom stereocenters. The van der Waals surface area contributed by atoms with E-state index in [0.717, 1.165) is 24.5 Å². The van der Waals surface area contributed by atoms with Crippen LogP contribution in [0.25, 0.3) is 0 Å². The van der Waals surface area contributed by atoms with E-state index in [2.05, 4.69) is 6.92 Å². The van der Waals surface area contributed by atoms with Gasteiger partial charge < -0.3 is 4.74 Å². The summed E-state index contributed by atoms with van der Waals surface area (Å²) in [5.41, 5.74) is 0. The van der Waals surface area contributed by atoms with Crippen molar-refractivity contribution in [2.75, 3.05) is 6.61 Å². The summed E-state index contributed by atoms with van der Waals surface area (Å²) in [5.74, 6) is 2.03. The highest BCUT2D eigenvalue weighted by Gasteiger charge is 2.26. The van der Waals surface area contributed by atoms with Gasteiger partial charge in [-0.3, -0.25) is 4.79 Å². The molecule has 0 radical (unpaired) electrons. The minimum absolute atomic E-state index is 0.227. The van der Waals surface area contributed by atoms with E-state index in [1.807, 2.05) is 30.3 Å². The zero-order chi connectivity index (χ0) is 12.8. The topological polar surface area (TPSA) is 26.3 Å². The largest absolute Gasteiger partial charge is 0.486 e. The van der Waals surface area contributed by atoms with Gasteiger partial charge in [0, 0.05) is 5.92 Å². The quantitative estimate of drug-likeness (QED) is 0.788. The SMILES string of the molecule is CCC1CCCC(C(=O)COc2ccccc2)C1. The maximum absolute atomic E-state index is 12.1. The fourth-order valence-electron chi connectivity index (χ4n) is 2.74. The molecule has 0 N–H and O–H groups in total. The Balaban J connectivity index is 1.81. The number of hydrogen-bond acceptors (Lipinski definition) is 2. The van der Waals surface area contributed by atoms with Gasteiger partial charge in [0.1, 0.15) is 12.4 Å². The Bertz CT molecular complexity index is 372. The van der Waals surface area contributed by atoms with Crippen molar-refractivity contribution < 1.29 is 9.53 Å². The first-order valence-corrected chi connectivity index (χ1v) is 7.00. The zero-order valence-electron chi connectivity index (χ0n) is 11.1. The van der Waals surface area contributed by atoms with Crippen LogP contribution in [0.4, 0.5) is 0 Å². The molecule has 2 rings (SSSR count). The van der Waals surface area contributed by atoms with Gasteiger partial charge in [-0.2, -0.15) is 0 Å². The molecule has 1 aromatic carbocycles. The van der Waals surface area contributed by atoms with Crippen molar-refractivity contribution in [3.63, 3.8) is 0 Å². The van der Waals surface area contributed by atoms with E-state index in [1.165, 1.54) is 19.3 Å². The molecule has 0 amide bonds. The van der Waals surface area contributed by atoms with Gasteiger partial charge in [-0.1, -0.05) is 44.4 Å². The summed E-state index contributed by atoms with van der Waals surface area (Å²) in [6.45, 7) is 2.45. The highest BCUT2D eigenvalue weighted by molar-refractivity contribution is 5.82. The second-order valence-electron chi connectivity index (χ2n) is 5.21. The van der Waals surface area contributed by atoms with Crippen LogP contribution in [0.15, 0.2) is 30.3 Å². The predicted octanol–water partition coefficient (Wildman–Crippen LogP) is 3.85. The second kappa shape index (κ2) is 6.58. The van der Waals surface area contributed by atoms with Gasteiger partial charge in [0.15, 0.2) is 5.78 Å². The van der Waals surface area contributed by atoms with Crippen LogP contribution in [-0.2, 0) is 4.79 Å². The maximum atomic E-state index is 12.1. The van der Waals surface area contributed by atoms with Crippen molar-refractivity contribution >= 4 is 5.78 Å². The van der Waals surface area contributed by atoms with Crippen molar-refractivity contribution in [3.8, 4) is 5.75 Å². The van der Waals surface area contributed by atoms with Crippen LogP contribution in [0.3, 0.4) is 0 Å². The third-order valence-electron chi connectivity index (χ3n) is 3.94. The molecular weight excluding hydrogens is 224 g/mol. The van der Waals surface area contributed by atoms with E-state index in [0.29, 0.717) is 0 Å². The van der Waals surface area contributed by atoms with Crippen molar-refractivity contribution in [2.24, 2.45) is 11.8 Å². The van der Waals surface area contributed by atoms with E-state index in [-0.39, 0.29) is 18.3 Å². The number of ether oxygens (including phenoxy) is 1. The monoisotopic (exact) mass is 246 g/mol. The van der Waals surface area contributed by atoms with Gasteiger partial charge in [0.05, 0.1) is 0 Å². The summed E-state index contributed by atoms with van der Waals surface area (Å²) in [6, 6.07) is 9.58. The number of benzene rings is 1. The summed E-state index contributed by atoms with van der Waals surface area (Å²) in [4.78, 5) is 12.1. The van der Waals surface area contributed by atoms with Gasteiger partial charge in [-0.25, -0.2) is 0 Å². The molecule has 0 saturated heterocycles. The third-order valence-corrected chi connectivity index (χ3v) is 3.94. The van der Waals surface area contributed by atoms with Crippen LogP contribution in [0, 0.1) is 11.8 Å². The van der Waals surface area contributed by atoms with Crippen LogP contribution in [0.5, 0.6) is 5.75 Å². The Morgan fingerprint density at radius 3 is 2.78 bits per heavy atom. The van der Waals surface area contributed by atoms with Crippen LogP contribution >= 0.6 is 0 Å². The minimum Gasteiger partial charge on any atom is -0.486 e. The molecule has 0 spiro atoms. The van der Waals surface area contributed by atoms with Crippen molar-refractivity contribution in [1.29, 1.82) is 0 Å². The van der Waals surface area contributed by atoms with Crippen LogP contribution < -0.4 is 4.74 Å². The summed E-state index contributed by atoms with van der Waals surface area (Å²) in [6.07, 6.45) is 5.80. The molecule has 1 aliphatic rings. The highest BCUT2D eigenvalue weighted by Crippen LogP contribution is 2.31. The molecule has 18 heavy (non-hydrogen) atoms. The summed E-state index contributed by atoms with van der Waals surface area (Å²) >= 11 is 0. The Morgan fingerprint density at radius 2 is 2.06 bits per heavy atom. The molecule has 1 aliphatic carbocycles. The number of ketones is 1. The summed E-state index contributed by atoms with van der Waals surface area (Å²) in [7, 11) is 0. The fraction of sp³-hybridized carbons (Fsp3) is 0.562. The maximum Gasteiger partial charge on any atom is 0.173 e. The molecule has 2 heteroatoms. The lowest BCUT2D eigenvalue weighted by molar-refractivity contribution is -0.126. The van der Waals surface area contributed by atoms with Crippen molar-refractivity contribution in [3.05, 3.63) is 30.3 Å². The smallest absolute Gasteiger partial charge is 0.173 e. The first-order chi connectivity index (χ1) is 8.79. The van der Waals surface area contributed by atoms with E-state index in [4.69, 9.17) is 4.74 Å². The summed E-state index contributed by atoms with van der Waals surface area (Å²) in [5, 5.41) is 0. The van der Waals surface area contributed by atoms with Gasteiger partial charge in [-0.05, 0) is 30.9 Å². The average molecular weight is 246 g/mol. The Labute approximate surface area is 109 Å². The lowest BCUT2D eigenvalue weighted by Gasteiger charge is -2.27. The molecule has 1 fully saturated rings. The number of rotatable bonds is 5. The molecule has 0 aromatic heterocycles. The first-order valence-electron chi connectivity index (χ1n) is 7.00. The molecule has 2 unspecified atom stereocenters. The average Bonchev–Trinajstić information content (AvgIpc) is 2.46. The Kier molecular flexibility index (Phi) is 4.80. The number of para-hydroxylation sites is 1. The molecular formula is C16H22O2. The molecule has 0 aliphatic heterocycles. The fourth-order valence-corrected chi connectivity index (χ4v) is 2.74. The normalized spacial score (nSPS) is 23.6. The van der Waals surface area contributed by atoms with E-state index >= 15 is 0 Å². The number of carbonyl (C=O) groups is 1. The molecule has 1 aromatic rings. The third kappa shape index (κ3) is 3.59. The van der Waals surface area contributed by atoms with E-state index in [9.17, 15) is 4.79 Å². The first kappa shape index (κ1) is 13.1. The van der Waals surface area contributed by atoms with Gasteiger partial charge >= 0.3 is 0 Å². The number of Topliss-reactive ketones (excluding diaryl/α,β-unsaturated/α-hetero) is 1. The molecule has 2 nitrogen and oxygen atoms in total. The highest BCUT2D eigenvalue weighted by atomic mass is 16.5. The predicted molar refractivity (Wildman–Crippen MR) is 72.7 cm³/mol. The Hall–Kier alpha value is -1.31. The van der Waals surface area contributed by atoms with Crippen LogP contribution in [0.2, 0.25) is 0 Å². The van der Waals surface area contributed by atoms with Crippen LogP contribution in [-0.4, -0.2) is 12.4 Å². The summed E-state index contributed by atoms with van der Waals surface area (Å²) < 4.78 is 5.54. The molecule has 1 saturated carbocycles. The van der Waals surface area contributed by atoms with E-state index in [1.54, 1.807) is 0 Å². The minimum atomic E-state index is 0.227. The standard InChI is InChI=1S/C16H22O2/c1-2-13-7-6-8-14(11-13)16(17)12-18-15-9-4-3-5-10-15/h3-5,9-10,13-14H,2,6-8,11-12H2,1H3. The molecule has 0 heterocycles. The number of carbonyl (C=O) groups excluding carboxylic acids is 1. The van der Waals surface area contributed by atoms with Gasteiger partial charge in [-0.15, -0.1) is 0 Å². The van der Waals surface area contributed by atoms with Crippen molar-refractivity contribution in [2.45, 2.75) is 39.0 Å². The van der Waals surface area contributed by atoms with Crippen LogP contribution in [0.1, 0.15) is 39.0 Å². The molecule has 0 bridgehead atoms. The zero-order valence-corrected chi connectivity index (χ0v) is 11.1. The Morgan fingerprint density at radius 1 is 1.28 bits per heavy atom. The van der Waals surface area contributed by atoms with Crippen molar-refractivity contribution in [1.82, 2.24) is 0 Å². The lowest BCUT2D eigenvalue weighted by atomic mass is 9.78. The number of hydrogen-bond donors (Lipinski definition) is 0. The lowest BCUT2D eigenvalue weighted by Crippen LogP contribution is -2.26. The second-order valence-corrected chi connectivity index (χ2v) is 5.21. The van der Waals surface area contributed by atoms with Gasteiger partial charge in [0.2, 0.25) is 0 Å². The molecule has 98 valence electrons.